The number of aromatic amines is 1. The van der Waals surface area contributed by atoms with Gasteiger partial charge in [-0.2, -0.15) is 0 Å². The number of aromatic nitrogens is 1. The summed E-state index contributed by atoms with van der Waals surface area (Å²) in [7, 11) is 1.63. The van der Waals surface area contributed by atoms with E-state index in [0.29, 0.717) is 24.4 Å². The van der Waals surface area contributed by atoms with E-state index in [-0.39, 0.29) is 11.5 Å². The van der Waals surface area contributed by atoms with E-state index in [1.54, 1.807) is 7.11 Å². The van der Waals surface area contributed by atoms with Crippen molar-refractivity contribution in [3.8, 4) is 5.75 Å². The molecule has 156 valence electrons. The minimum Gasteiger partial charge on any atom is -0.497 e. The van der Waals surface area contributed by atoms with E-state index in [1.165, 1.54) is 32.1 Å². The minimum atomic E-state index is -0.113. The summed E-state index contributed by atoms with van der Waals surface area (Å²) in [5.74, 6) is 0.904. The zero-order valence-corrected chi connectivity index (χ0v) is 17.3. The lowest BCUT2D eigenvalue weighted by Gasteiger charge is -2.40. The van der Waals surface area contributed by atoms with E-state index in [4.69, 9.17) is 4.74 Å². The van der Waals surface area contributed by atoms with Crippen molar-refractivity contribution in [3.63, 3.8) is 0 Å². The highest BCUT2D eigenvalue weighted by molar-refractivity contribution is 5.81. The number of hydrogen-bond donors (Lipinski definition) is 1. The topological polar surface area (TPSA) is 65.6 Å². The minimum absolute atomic E-state index is 0.113. The number of piperazine rings is 1. The van der Waals surface area contributed by atoms with Gasteiger partial charge in [-0.3, -0.25) is 14.5 Å². The number of amides is 1. The van der Waals surface area contributed by atoms with Crippen LogP contribution >= 0.6 is 0 Å². The standard InChI is InChI=1S/C23H31N3O3/c1-29-20-8-9-21-18(16-20)15-17(23(28)24-21)7-10-22(27)26-13-11-25(12-14-26)19-5-3-2-4-6-19/h8-9,15-16,19H,2-7,10-14H2,1H3,(H,24,28). The van der Waals surface area contributed by atoms with Crippen molar-refractivity contribution in [2.24, 2.45) is 0 Å². The Kier molecular flexibility index (Phi) is 6.19. The maximum atomic E-state index is 12.7. The van der Waals surface area contributed by atoms with Crippen molar-refractivity contribution in [2.45, 2.75) is 51.0 Å². The molecule has 2 aromatic rings. The lowest BCUT2D eigenvalue weighted by atomic mass is 9.94. The fourth-order valence-corrected chi connectivity index (χ4v) is 4.72. The highest BCUT2D eigenvalue weighted by Gasteiger charge is 2.26. The molecule has 6 heteroatoms. The molecule has 29 heavy (non-hydrogen) atoms. The molecule has 0 spiro atoms. The summed E-state index contributed by atoms with van der Waals surface area (Å²) in [4.78, 5) is 32.5. The van der Waals surface area contributed by atoms with Gasteiger partial charge in [-0.05, 0) is 43.5 Å². The molecule has 1 saturated carbocycles. The van der Waals surface area contributed by atoms with Crippen LogP contribution in [-0.4, -0.2) is 60.0 Å². The van der Waals surface area contributed by atoms with Crippen molar-refractivity contribution in [2.75, 3.05) is 33.3 Å². The molecule has 1 N–H and O–H groups in total. The van der Waals surface area contributed by atoms with Gasteiger partial charge in [0.05, 0.1) is 7.11 Å². The smallest absolute Gasteiger partial charge is 0.251 e. The van der Waals surface area contributed by atoms with Crippen LogP contribution in [-0.2, 0) is 11.2 Å². The Balaban J connectivity index is 1.33. The van der Waals surface area contributed by atoms with Gasteiger partial charge in [0.25, 0.3) is 5.56 Å². The number of benzene rings is 1. The van der Waals surface area contributed by atoms with E-state index in [1.807, 2.05) is 29.2 Å². The van der Waals surface area contributed by atoms with Gasteiger partial charge < -0.3 is 14.6 Å². The number of pyridine rings is 1. The van der Waals surface area contributed by atoms with E-state index < -0.39 is 0 Å². The molecule has 1 aromatic heterocycles. The van der Waals surface area contributed by atoms with Crippen LogP contribution in [0.25, 0.3) is 10.9 Å². The second-order valence-corrected chi connectivity index (χ2v) is 8.29. The molecule has 1 amide bonds. The Hall–Kier alpha value is -2.34. The summed E-state index contributed by atoms with van der Waals surface area (Å²) in [5, 5.41) is 0.924. The largest absolute Gasteiger partial charge is 0.497 e. The first-order valence-corrected chi connectivity index (χ1v) is 10.9. The van der Waals surface area contributed by atoms with Crippen LogP contribution < -0.4 is 10.3 Å². The average Bonchev–Trinajstić information content (AvgIpc) is 2.78. The van der Waals surface area contributed by atoms with E-state index >= 15 is 0 Å². The SMILES string of the molecule is COc1ccc2[nH]c(=O)c(CCC(=O)N3CCN(C4CCCCC4)CC3)cc2c1. The zero-order valence-electron chi connectivity index (χ0n) is 17.3. The van der Waals surface area contributed by atoms with E-state index in [2.05, 4.69) is 9.88 Å². The molecule has 6 nitrogen and oxygen atoms in total. The van der Waals surface area contributed by atoms with Crippen LogP contribution in [0.2, 0.25) is 0 Å². The maximum absolute atomic E-state index is 12.7. The Labute approximate surface area is 171 Å². The van der Waals surface area contributed by atoms with Gasteiger partial charge in [0, 0.05) is 55.1 Å². The fraction of sp³-hybridized carbons (Fsp3) is 0.565. The first-order valence-electron chi connectivity index (χ1n) is 10.9. The van der Waals surface area contributed by atoms with Crippen LogP contribution in [0.4, 0.5) is 0 Å². The zero-order chi connectivity index (χ0) is 20.2. The Morgan fingerprint density at radius 3 is 2.59 bits per heavy atom. The summed E-state index contributed by atoms with van der Waals surface area (Å²) in [6, 6.07) is 8.17. The number of carbonyl (C=O) groups excluding carboxylic acids is 1. The van der Waals surface area contributed by atoms with Crippen LogP contribution in [0.15, 0.2) is 29.1 Å². The molecule has 2 heterocycles. The van der Waals surface area contributed by atoms with Crippen molar-refractivity contribution < 1.29 is 9.53 Å². The number of carbonyl (C=O) groups is 1. The highest BCUT2D eigenvalue weighted by atomic mass is 16.5. The predicted octanol–water partition coefficient (Wildman–Crippen LogP) is 2.95. The summed E-state index contributed by atoms with van der Waals surface area (Å²) >= 11 is 0. The van der Waals surface area contributed by atoms with Crippen molar-refractivity contribution >= 4 is 16.8 Å². The molecule has 2 fully saturated rings. The van der Waals surface area contributed by atoms with E-state index in [0.717, 1.165) is 42.8 Å². The number of aryl methyl sites for hydroxylation is 1. The van der Waals surface area contributed by atoms with Crippen molar-refractivity contribution in [3.05, 3.63) is 40.2 Å². The van der Waals surface area contributed by atoms with Gasteiger partial charge in [0.2, 0.25) is 5.91 Å². The Bertz CT molecular complexity index is 909. The van der Waals surface area contributed by atoms with Gasteiger partial charge in [-0.25, -0.2) is 0 Å². The third-order valence-corrected chi connectivity index (χ3v) is 6.49. The summed E-state index contributed by atoms with van der Waals surface area (Å²) in [6.07, 6.45) is 7.51. The number of H-pyrrole nitrogens is 1. The number of fused-ring (bicyclic) bond motifs is 1. The lowest BCUT2D eigenvalue weighted by molar-refractivity contribution is -0.133. The number of ether oxygens (including phenoxy) is 1. The summed E-state index contributed by atoms with van der Waals surface area (Å²) in [5.41, 5.74) is 1.32. The molecule has 2 aliphatic rings. The quantitative estimate of drug-likeness (QED) is 0.842. The first kappa shape index (κ1) is 20.0. The van der Waals surface area contributed by atoms with Gasteiger partial charge in [0.1, 0.15) is 5.75 Å². The second kappa shape index (κ2) is 8.99. The molecule has 4 rings (SSSR count). The highest BCUT2D eigenvalue weighted by Crippen LogP contribution is 2.24. The molecule has 1 saturated heterocycles. The van der Waals surface area contributed by atoms with Crippen molar-refractivity contribution in [1.29, 1.82) is 0 Å². The monoisotopic (exact) mass is 397 g/mol. The molecule has 1 aromatic carbocycles. The number of hydrogen-bond acceptors (Lipinski definition) is 4. The fourth-order valence-electron chi connectivity index (χ4n) is 4.72. The predicted molar refractivity (Wildman–Crippen MR) is 114 cm³/mol. The maximum Gasteiger partial charge on any atom is 0.251 e. The molecule has 1 aliphatic carbocycles. The van der Waals surface area contributed by atoms with Gasteiger partial charge >= 0.3 is 0 Å². The Morgan fingerprint density at radius 2 is 1.86 bits per heavy atom. The number of nitrogens with one attached hydrogen (secondary N) is 1. The molecular weight excluding hydrogens is 366 g/mol. The Morgan fingerprint density at radius 1 is 1.10 bits per heavy atom. The van der Waals surface area contributed by atoms with E-state index in [9.17, 15) is 9.59 Å². The number of rotatable bonds is 5. The molecule has 0 atom stereocenters. The molecule has 0 radical (unpaired) electrons. The van der Waals surface area contributed by atoms with Gasteiger partial charge in [-0.15, -0.1) is 0 Å². The van der Waals surface area contributed by atoms with Crippen LogP contribution in [0, 0.1) is 0 Å². The third-order valence-electron chi connectivity index (χ3n) is 6.49. The normalized spacial score (nSPS) is 18.9. The molecular formula is C23H31N3O3. The van der Waals surface area contributed by atoms with Crippen LogP contribution in [0.1, 0.15) is 44.1 Å². The second-order valence-electron chi connectivity index (χ2n) is 8.29. The summed E-state index contributed by atoms with van der Waals surface area (Å²) in [6.45, 7) is 3.57. The third kappa shape index (κ3) is 4.64. The molecule has 0 unspecified atom stereocenters. The first-order chi connectivity index (χ1) is 14.1. The van der Waals surface area contributed by atoms with Crippen LogP contribution in [0.3, 0.4) is 0 Å². The number of nitrogens with zero attached hydrogens (tertiary/aromatic N) is 2. The van der Waals surface area contributed by atoms with Crippen LogP contribution in [0.5, 0.6) is 5.75 Å². The molecule has 0 bridgehead atoms. The average molecular weight is 398 g/mol. The van der Waals surface area contributed by atoms with Gasteiger partial charge in [0.15, 0.2) is 0 Å². The summed E-state index contributed by atoms with van der Waals surface area (Å²) < 4.78 is 5.27. The van der Waals surface area contributed by atoms with Crippen molar-refractivity contribution in [1.82, 2.24) is 14.8 Å². The van der Waals surface area contributed by atoms with Gasteiger partial charge in [-0.1, -0.05) is 19.3 Å². The molecule has 1 aliphatic heterocycles. The lowest BCUT2D eigenvalue weighted by Crippen LogP contribution is -2.52. The number of methoxy groups -OCH3 is 1.